The first-order valence-electron chi connectivity index (χ1n) is 10.1. The van der Waals surface area contributed by atoms with Crippen molar-refractivity contribution in [1.82, 2.24) is 9.88 Å². The van der Waals surface area contributed by atoms with Crippen LogP contribution in [0.25, 0.3) is 0 Å². The Hall–Kier alpha value is -3.17. The number of anilines is 1. The highest BCUT2D eigenvalue weighted by Crippen LogP contribution is 2.30. The van der Waals surface area contributed by atoms with E-state index in [-0.39, 0.29) is 16.8 Å². The molecule has 2 heterocycles. The average Bonchev–Trinajstić information content (AvgIpc) is 3.01. The van der Waals surface area contributed by atoms with Crippen molar-refractivity contribution in [3.05, 3.63) is 52.1 Å². The Balaban J connectivity index is 1.95. The number of carbonyl (C=O) groups is 3. The van der Waals surface area contributed by atoms with E-state index in [2.05, 4.69) is 5.32 Å². The van der Waals surface area contributed by atoms with Crippen LogP contribution in [0.1, 0.15) is 57.4 Å². The van der Waals surface area contributed by atoms with Crippen LogP contribution in [-0.4, -0.2) is 34.4 Å². The van der Waals surface area contributed by atoms with E-state index >= 15 is 0 Å². The summed E-state index contributed by atoms with van der Waals surface area (Å²) >= 11 is 0. The Morgan fingerprint density at radius 2 is 1.81 bits per heavy atom. The minimum atomic E-state index is -4.69. The molecule has 6 nitrogen and oxygen atoms in total. The lowest BCUT2D eigenvalue weighted by molar-refractivity contribution is -0.156. The molecule has 2 amide bonds. The van der Waals surface area contributed by atoms with Crippen molar-refractivity contribution >= 4 is 23.3 Å². The summed E-state index contributed by atoms with van der Waals surface area (Å²) < 4.78 is 53.4. The number of rotatable bonds is 5. The first-order chi connectivity index (χ1) is 14.9. The molecule has 0 saturated heterocycles. The molecule has 0 aliphatic carbocycles. The molecular formula is C22H23F4N3O3. The first-order valence-corrected chi connectivity index (χ1v) is 10.1. The van der Waals surface area contributed by atoms with Crippen LogP contribution in [-0.2, 0) is 17.8 Å². The van der Waals surface area contributed by atoms with Crippen molar-refractivity contribution in [2.45, 2.75) is 58.8 Å². The van der Waals surface area contributed by atoms with Crippen molar-refractivity contribution in [2.75, 3.05) is 5.32 Å². The van der Waals surface area contributed by atoms with Gasteiger partial charge in [0.1, 0.15) is 11.9 Å². The molecule has 172 valence electrons. The number of benzene rings is 1. The number of hydrogen-bond donors (Lipinski definition) is 2. The largest absolute Gasteiger partial charge is 0.408 e. The SMILES string of the molecule is Cc1cc(NC(=O)c2c(C)c(C(=O)C(=O)N[C@@H](C)C(F)(F)F)n3c2CCCC3)ccc1F. The van der Waals surface area contributed by atoms with Gasteiger partial charge >= 0.3 is 6.18 Å². The van der Waals surface area contributed by atoms with E-state index in [1.54, 1.807) is 16.8 Å². The fourth-order valence-electron chi connectivity index (χ4n) is 3.84. The van der Waals surface area contributed by atoms with Crippen LogP contribution in [0.15, 0.2) is 18.2 Å². The van der Waals surface area contributed by atoms with Gasteiger partial charge in [-0.3, -0.25) is 14.4 Å². The molecule has 0 fully saturated rings. The van der Waals surface area contributed by atoms with Crippen LogP contribution in [0.5, 0.6) is 0 Å². The number of aryl methyl sites for hydroxylation is 1. The molecule has 2 aromatic rings. The van der Waals surface area contributed by atoms with Crippen LogP contribution in [0.2, 0.25) is 0 Å². The number of nitrogens with one attached hydrogen (secondary N) is 2. The fourth-order valence-corrected chi connectivity index (χ4v) is 3.84. The van der Waals surface area contributed by atoms with Gasteiger partial charge in [0.2, 0.25) is 0 Å². The number of halogens is 4. The fraction of sp³-hybridized carbons (Fsp3) is 0.409. The molecule has 3 rings (SSSR count). The third-order valence-corrected chi connectivity index (χ3v) is 5.56. The lowest BCUT2D eigenvalue weighted by Crippen LogP contribution is -2.46. The second-order valence-electron chi connectivity index (χ2n) is 7.89. The van der Waals surface area contributed by atoms with Gasteiger partial charge in [-0.25, -0.2) is 4.39 Å². The van der Waals surface area contributed by atoms with Gasteiger partial charge in [-0.2, -0.15) is 13.2 Å². The normalized spacial score (nSPS) is 14.5. The molecule has 10 heteroatoms. The zero-order valence-electron chi connectivity index (χ0n) is 17.8. The van der Waals surface area contributed by atoms with Gasteiger partial charge in [0, 0.05) is 17.9 Å². The van der Waals surface area contributed by atoms with Crippen LogP contribution >= 0.6 is 0 Å². The van der Waals surface area contributed by atoms with E-state index in [4.69, 9.17) is 0 Å². The minimum Gasteiger partial charge on any atom is -0.341 e. The smallest absolute Gasteiger partial charge is 0.341 e. The van der Waals surface area contributed by atoms with Gasteiger partial charge in [0.25, 0.3) is 17.6 Å². The number of amides is 2. The molecule has 0 unspecified atom stereocenters. The first kappa shape index (κ1) is 23.5. The molecule has 1 aliphatic rings. The van der Waals surface area contributed by atoms with E-state index in [1.807, 2.05) is 0 Å². The Morgan fingerprint density at radius 1 is 1.12 bits per heavy atom. The second kappa shape index (κ2) is 8.76. The van der Waals surface area contributed by atoms with E-state index in [0.29, 0.717) is 36.3 Å². The number of hydrogen-bond acceptors (Lipinski definition) is 3. The molecule has 0 radical (unpaired) electrons. The topological polar surface area (TPSA) is 80.2 Å². The Morgan fingerprint density at radius 3 is 2.44 bits per heavy atom. The van der Waals surface area contributed by atoms with Gasteiger partial charge in [-0.05, 0) is 69.4 Å². The summed E-state index contributed by atoms with van der Waals surface area (Å²) in [6.07, 6.45) is -2.77. The molecule has 1 atom stereocenters. The lowest BCUT2D eigenvalue weighted by atomic mass is 10.0. The zero-order valence-corrected chi connectivity index (χ0v) is 17.8. The number of aromatic nitrogens is 1. The predicted molar refractivity (Wildman–Crippen MR) is 109 cm³/mol. The van der Waals surface area contributed by atoms with Crippen molar-refractivity contribution < 1.29 is 31.9 Å². The third-order valence-electron chi connectivity index (χ3n) is 5.56. The standard InChI is InChI=1S/C22H23F4N3O3/c1-11-10-14(7-8-15(11)23)28-20(31)17-12(2)18(29-9-5-4-6-16(17)29)19(30)21(32)27-13(3)22(24,25)26/h7-8,10,13H,4-6,9H2,1-3H3,(H,27,32)(H,28,31)/t13-/m0/s1. The Kier molecular flexibility index (Phi) is 6.43. The second-order valence-corrected chi connectivity index (χ2v) is 7.89. The van der Waals surface area contributed by atoms with E-state index in [1.165, 1.54) is 25.1 Å². The van der Waals surface area contributed by atoms with Crippen molar-refractivity contribution in [3.8, 4) is 0 Å². The van der Waals surface area contributed by atoms with Gasteiger partial charge in [-0.1, -0.05) is 0 Å². The van der Waals surface area contributed by atoms with E-state index in [9.17, 15) is 31.9 Å². The number of Topliss-reactive ketones (excluding diaryl/α,β-unsaturated/α-hetero) is 1. The van der Waals surface area contributed by atoms with Gasteiger partial charge in [0.15, 0.2) is 0 Å². The molecule has 1 aromatic carbocycles. The third kappa shape index (κ3) is 4.53. The number of ketones is 1. The van der Waals surface area contributed by atoms with Crippen molar-refractivity contribution in [3.63, 3.8) is 0 Å². The van der Waals surface area contributed by atoms with Crippen LogP contribution in [0, 0.1) is 19.7 Å². The van der Waals surface area contributed by atoms with Gasteiger partial charge in [0.05, 0.1) is 11.3 Å². The highest BCUT2D eigenvalue weighted by Gasteiger charge is 2.39. The molecule has 2 N–H and O–H groups in total. The monoisotopic (exact) mass is 453 g/mol. The maximum absolute atomic E-state index is 13.5. The van der Waals surface area contributed by atoms with Crippen LogP contribution in [0.3, 0.4) is 0 Å². The van der Waals surface area contributed by atoms with E-state index in [0.717, 1.165) is 13.3 Å². The quantitative estimate of drug-likeness (QED) is 0.407. The maximum Gasteiger partial charge on any atom is 0.408 e. The summed E-state index contributed by atoms with van der Waals surface area (Å²) in [5.74, 6) is -3.47. The molecule has 32 heavy (non-hydrogen) atoms. The van der Waals surface area contributed by atoms with E-state index < -0.39 is 35.6 Å². The summed E-state index contributed by atoms with van der Waals surface area (Å²) in [7, 11) is 0. The number of fused-ring (bicyclic) bond motifs is 1. The minimum absolute atomic E-state index is 0.0907. The summed E-state index contributed by atoms with van der Waals surface area (Å²) in [4.78, 5) is 38.1. The molecule has 0 bridgehead atoms. The number of carbonyl (C=O) groups excluding carboxylic acids is 3. The predicted octanol–water partition coefficient (Wildman–Crippen LogP) is 4.08. The summed E-state index contributed by atoms with van der Waals surface area (Å²) in [5.41, 5.74) is 1.57. The Bertz CT molecular complexity index is 1090. The highest BCUT2D eigenvalue weighted by molar-refractivity contribution is 6.43. The Labute approximate surface area is 182 Å². The highest BCUT2D eigenvalue weighted by atomic mass is 19.4. The van der Waals surface area contributed by atoms with Gasteiger partial charge in [-0.15, -0.1) is 0 Å². The molecule has 1 aliphatic heterocycles. The number of alkyl halides is 3. The summed E-state index contributed by atoms with van der Waals surface area (Å²) in [6.45, 7) is 4.15. The summed E-state index contributed by atoms with van der Waals surface area (Å²) in [6, 6.07) is 1.88. The number of nitrogens with zero attached hydrogens (tertiary/aromatic N) is 1. The molecule has 0 spiro atoms. The average molecular weight is 453 g/mol. The maximum atomic E-state index is 13.5. The molecular weight excluding hydrogens is 430 g/mol. The lowest BCUT2D eigenvalue weighted by Gasteiger charge is -2.19. The van der Waals surface area contributed by atoms with Crippen LogP contribution < -0.4 is 10.6 Å². The summed E-state index contributed by atoms with van der Waals surface area (Å²) in [5, 5.41) is 4.35. The van der Waals surface area contributed by atoms with Crippen molar-refractivity contribution in [2.24, 2.45) is 0 Å². The van der Waals surface area contributed by atoms with Crippen LogP contribution in [0.4, 0.5) is 23.2 Å². The van der Waals surface area contributed by atoms with Crippen molar-refractivity contribution in [1.29, 1.82) is 0 Å². The zero-order chi connectivity index (χ0) is 23.8. The molecule has 0 saturated carbocycles. The molecule has 1 aromatic heterocycles. The van der Waals surface area contributed by atoms with Gasteiger partial charge < -0.3 is 15.2 Å².